The molecule has 0 unspecified atom stereocenters. The molecule has 0 fully saturated rings. The summed E-state index contributed by atoms with van der Waals surface area (Å²) in [6.45, 7) is 1.74. The molecule has 1 heterocycles. The number of fused-ring (bicyclic) bond motifs is 1. The molecule has 7 nitrogen and oxygen atoms in total. The lowest BCUT2D eigenvalue weighted by atomic mass is 10.2. The monoisotopic (exact) mass is 486 g/mol. The topological polar surface area (TPSA) is 84.9 Å². The minimum Gasteiger partial charge on any atom is -0.486 e. The average molecular weight is 487 g/mol. The van der Waals surface area contributed by atoms with E-state index in [2.05, 4.69) is 5.32 Å². The van der Waals surface area contributed by atoms with Crippen LogP contribution in [0.25, 0.3) is 0 Å². The number of anilines is 1. The van der Waals surface area contributed by atoms with Gasteiger partial charge in [0.15, 0.2) is 11.5 Å². The van der Waals surface area contributed by atoms with Crippen molar-refractivity contribution >= 4 is 33.2 Å². The van der Waals surface area contributed by atoms with Crippen molar-refractivity contribution in [1.29, 1.82) is 0 Å². The van der Waals surface area contributed by atoms with E-state index in [1.54, 1.807) is 49.4 Å². The number of carbonyl (C=O) groups is 1. The third-order valence-electron chi connectivity index (χ3n) is 5.22. The molecule has 0 aliphatic carbocycles. The van der Waals surface area contributed by atoms with E-state index in [1.165, 1.54) is 12.1 Å². The van der Waals surface area contributed by atoms with Crippen LogP contribution in [0.3, 0.4) is 0 Å². The molecule has 0 saturated heterocycles. The first-order valence-corrected chi connectivity index (χ1v) is 12.2. The summed E-state index contributed by atoms with van der Waals surface area (Å²) in [5, 5.41) is 3.17. The summed E-state index contributed by atoms with van der Waals surface area (Å²) in [4.78, 5) is 12.9. The van der Waals surface area contributed by atoms with E-state index in [0.717, 1.165) is 4.31 Å². The van der Waals surface area contributed by atoms with Gasteiger partial charge in [-0.1, -0.05) is 48.0 Å². The highest BCUT2D eigenvalue weighted by Crippen LogP contribution is 2.32. The molecular weight excluding hydrogens is 464 g/mol. The fourth-order valence-corrected chi connectivity index (χ4v) is 5.13. The third-order valence-corrected chi connectivity index (χ3v) is 7.40. The lowest BCUT2D eigenvalue weighted by molar-refractivity contribution is -0.120. The zero-order valence-corrected chi connectivity index (χ0v) is 19.5. The molecule has 3 aromatic rings. The van der Waals surface area contributed by atoms with Crippen molar-refractivity contribution in [3.8, 4) is 11.5 Å². The SMILES string of the molecule is Cc1c(Cl)cccc1N(CC(=O)NC[C@H]1COc2ccccc2O1)S(=O)(=O)c1ccccc1. The second-order valence-electron chi connectivity index (χ2n) is 7.51. The van der Waals surface area contributed by atoms with Crippen LogP contribution in [0.15, 0.2) is 77.7 Å². The maximum absolute atomic E-state index is 13.4. The standard InChI is InChI=1S/C24H23ClN2O5S/c1-17-20(25)10-7-11-21(17)27(33(29,30)19-8-3-2-4-9-19)15-24(28)26-14-18-16-31-22-12-5-6-13-23(22)32-18/h2-13,18H,14-16H2,1H3,(H,26,28)/t18-/m0/s1. The Bertz CT molecular complexity index is 1250. The lowest BCUT2D eigenvalue weighted by Gasteiger charge is -2.28. The third kappa shape index (κ3) is 5.07. The van der Waals surface area contributed by atoms with Gasteiger partial charge < -0.3 is 14.8 Å². The van der Waals surface area contributed by atoms with E-state index in [9.17, 15) is 13.2 Å². The minimum atomic E-state index is -4.01. The molecule has 0 spiro atoms. The van der Waals surface area contributed by atoms with Gasteiger partial charge in [0.25, 0.3) is 10.0 Å². The molecule has 172 valence electrons. The Morgan fingerprint density at radius 2 is 1.73 bits per heavy atom. The van der Waals surface area contributed by atoms with Gasteiger partial charge in [0, 0.05) is 5.02 Å². The lowest BCUT2D eigenvalue weighted by Crippen LogP contribution is -2.45. The highest BCUT2D eigenvalue weighted by molar-refractivity contribution is 7.92. The molecule has 9 heteroatoms. The van der Waals surface area contributed by atoms with Crippen molar-refractivity contribution in [1.82, 2.24) is 5.32 Å². The van der Waals surface area contributed by atoms with Crippen molar-refractivity contribution in [2.24, 2.45) is 0 Å². The molecule has 1 amide bonds. The molecule has 0 saturated carbocycles. The number of hydrogen-bond donors (Lipinski definition) is 1. The molecular formula is C24H23ClN2O5S. The number of sulfonamides is 1. The summed E-state index contributed by atoms with van der Waals surface area (Å²) >= 11 is 6.24. The number of nitrogens with zero attached hydrogens (tertiary/aromatic N) is 1. The van der Waals surface area contributed by atoms with Crippen molar-refractivity contribution in [2.75, 3.05) is 24.0 Å². The van der Waals surface area contributed by atoms with E-state index >= 15 is 0 Å². The van der Waals surface area contributed by atoms with Crippen LogP contribution in [0.1, 0.15) is 5.56 Å². The zero-order chi connectivity index (χ0) is 23.4. The summed E-state index contributed by atoms with van der Waals surface area (Å²) in [5.41, 5.74) is 0.903. The summed E-state index contributed by atoms with van der Waals surface area (Å²) in [6.07, 6.45) is -0.393. The highest BCUT2D eigenvalue weighted by Gasteiger charge is 2.29. The average Bonchev–Trinajstić information content (AvgIpc) is 2.83. The van der Waals surface area contributed by atoms with E-state index < -0.39 is 28.6 Å². The second-order valence-corrected chi connectivity index (χ2v) is 9.78. The van der Waals surface area contributed by atoms with Crippen LogP contribution >= 0.6 is 11.6 Å². The van der Waals surface area contributed by atoms with Crippen LogP contribution in [-0.4, -0.2) is 40.1 Å². The van der Waals surface area contributed by atoms with Gasteiger partial charge in [-0.05, 0) is 48.9 Å². The largest absolute Gasteiger partial charge is 0.486 e. The van der Waals surface area contributed by atoms with Gasteiger partial charge in [-0.2, -0.15) is 0 Å². The summed E-state index contributed by atoms with van der Waals surface area (Å²) < 4.78 is 39.5. The van der Waals surface area contributed by atoms with E-state index in [-0.39, 0.29) is 18.0 Å². The Balaban J connectivity index is 1.52. The van der Waals surface area contributed by atoms with Crippen LogP contribution in [0.5, 0.6) is 11.5 Å². The Morgan fingerprint density at radius 3 is 2.48 bits per heavy atom. The van der Waals surface area contributed by atoms with Crippen LogP contribution in [0.2, 0.25) is 5.02 Å². The molecule has 33 heavy (non-hydrogen) atoms. The fraction of sp³-hybridized carbons (Fsp3) is 0.208. The number of ether oxygens (including phenoxy) is 2. The molecule has 3 aromatic carbocycles. The van der Waals surface area contributed by atoms with Crippen LogP contribution in [-0.2, 0) is 14.8 Å². The van der Waals surface area contributed by atoms with Gasteiger partial charge in [0.05, 0.1) is 17.1 Å². The van der Waals surface area contributed by atoms with Gasteiger partial charge in [-0.15, -0.1) is 0 Å². The summed E-state index contributed by atoms with van der Waals surface area (Å²) in [6, 6.07) is 20.2. The Kier molecular flexibility index (Phi) is 6.76. The number of benzene rings is 3. The number of halogens is 1. The molecule has 1 aliphatic heterocycles. The molecule has 1 atom stereocenters. The fourth-order valence-electron chi connectivity index (χ4n) is 3.46. The highest BCUT2D eigenvalue weighted by atomic mass is 35.5. The number of para-hydroxylation sites is 2. The zero-order valence-electron chi connectivity index (χ0n) is 17.9. The maximum atomic E-state index is 13.4. The molecule has 1 aliphatic rings. The van der Waals surface area contributed by atoms with Gasteiger partial charge in [-0.3, -0.25) is 9.10 Å². The molecule has 4 rings (SSSR count). The van der Waals surface area contributed by atoms with Crippen molar-refractivity contribution in [3.05, 3.63) is 83.4 Å². The number of rotatable bonds is 7. The van der Waals surface area contributed by atoms with Crippen LogP contribution < -0.4 is 19.1 Å². The number of hydrogen-bond acceptors (Lipinski definition) is 5. The number of nitrogens with one attached hydrogen (secondary N) is 1. The predicted octanol–water partition coefficient (Wildman–Crippen LogP) is 3.80. The van der Waals surface area contributed by atoms with E-state index in [1.807, 2.05) is 18.2 Å². The summed E-state index contributed by atoms with van der Waals surface area (Å²) in [7, 11) is -4.01. The molecule has 0 bridgehead atoms. The molecule has 1 N–H and O–H groups in total. The van der Waals surface area contributed by atoms with Crippen LogP contribution in [0, 0.1) is 6.92 Å². The minimum absolute atomic E-state index is 0.0813. The first-order chi connectivity index (χ1) is 15.9. The normalized spacial score (nSPS) is 15.0. The molecule has 0 aromatic heterocycles. The quantitative estimate of drug-likeness (QED) is 0.549. The maximum Gasteiger partial charge on any atom is 0.264 e. The second kappa shape index (κ2) is 9.72. The summed E-state index contributed by atoms with van der Waals surface area (Å²) in [5.74, 6) is 0.777. The van der Waals surface area contributed by atoms with Gasteiger partial charge in [0.2, 0.25) is 5.91 Å². The van der Waals surface area contributed by atoms with Gasteiger partial charge >= 0.3 is 0 Å². The first kappa shape index (κ1) is 22.9. The van der Waals surface area contributed by atoms with E-state index in [4.69, 9.17) is 21.1 Å². The Labute approximate surface area is 197 Å². The number of amides is 1. The van der Waals surface area contributed by atoms with Gasteiger partial charge in [0.1, 0.15) is 19.3 Å². The predicted molar refractivity (Wildman–Crippen MR) is 127 cm³/mol. The molecule has 0 radical (unpaired) electrons. The van der Waals surface area contributed by atoms with Crippen molar-refractivity contribution < 1.29 is 22.7 Å². The van der Waals surface area contributed by atoms with E-state index in [0.29, 0.717) is 27.8 Å². The van der Waals surface area contributed by atoms with Crippen molar-refractivity contribution in [3.63, 3.8) is 0 Å². The smallest absolute Gasteiger partial charge is 0.264 e. The van der Waals surface area contributed by atoms with Crippen LogP contribution in [0.4, 0.5) is 5.69 Å². The Hall–Kier alpha value is -3.23. The Morgan fingerprint density at radius 1 is 1.03 bits per heavy atom. The first-order valence-electron chi connectivity index (χ1n) is 10.3. The number of carbonyl (C=O) groups excluding carboxylic acids is 1. The van der Waals surface area contributed by atoms with Crippen molar-refractivity contribution in [2.45, 2.75) is 17.9 Å². The van der Waals surface area contributed by atoms with Gasteiger partial charge in [-0.25, -0.2) is 8.42 Å².